The fourth-order valence-corrected chi connectivity index (χ4v) is 3.08. The number of amides is 3. The van der Waals surface area contributed by atoms with E-state index in [0.29, 0.717) is 39.0 Å². The van der Waals surface area contributed by atoms with Gasteiger partial charge in [-0.2, -0.15) is 13.2 Å². The molecule has 0 atom stereocenters. The van der Waals surface area contributed by atoms with Crippen LogP contribution >= 0.6 is 0 Å². The van der Waals surface area contributed by atoms with Crippen molar-refractivity contribution in [1.82, 2.24) is 14.8 Å². The Morgan fingerprint density at radius 1 is 1.31 bits per heavy atom. The number of primary amides is 1. The van der Waals surface area contributed by atoms with E-state index in [1.165, 1.54) is 0 Å². The highest BCUT2D eigenvalue weighted by Gasteiger charge is 2.42. The van der Waals surface area contributed by atoms with Crippen molar-refractivity contribution in [3.05, 3.63) is 30.1 Å². The lowest BCUT2D eigenvalue weighted by Crippen LogP contribution is -2.59. The van der Waals surface area contributed by atoms with E-state index in [1.807, 2.05) is 17.0 Å². The summed E-state index contributed by atoms with van der Waals surface area (Å²) in [6.45, 7) is 2.33. The van der Waals surface area contributed by atoms with Crippen molar-refractivity contribution >= 4 is 17.9 Å². The van der Waals surface area contributed by atoms with Gasteiger partial charge in [-0.1, -0.05) is 6.07 Å². The summed E-state index contributed by atoms with van der Waals surface area (Å²) in [7, 11) is 0. The van der Waals surface area contributed by atoms with E-state index < -0.39 is 18.2 Å². The summed E-state index contributed by atoms with van der Waals surface area (Å²) >= 11 is 0. The van der Waals surface area contributed by atoms with Gasteiger partial charge >= 0.3 is 18.2 Å². The molecule has 2 saturated heterocycles. The van der Waals surface area contributed by atoms with Crippen LogP contribution in [0.4, 0.5) is 18.0 Å². The number of aromatic nitrogens is 1. The topological polar surface area (TPSA) is 126 Å². The number of likely N-dealkylation sites (tertiary alicyclic amines) is 1. The van der Waals surface area contributed by atoms with Crippen LogP contribution in [-0.4, -0.2) is 75.8 Å². The monoisotopic (exact) mass is 418 g/mol. The number of hydrogen-bond acceptors (Lipinski definition) is 5. The van der Waals surface area contributed by atoms with E-state index in [1.54, 1.807) is 17.3 Å². The molecular weight excluding hydrogens is 397 g/mol. The molecule has 3 amide bonds. The highest BCUT2D eigenvalue weighted by Crippen LogP contribution is 2.31. The smallest absolute Gasteiger partial charge is 0.475 e. The number of aliphatic carboxylic acids is 1. The molecule has 1 aromatic rings. The minimum absolute atomic E-state index is 0.00758. The number of alkyl halides is 3. The van der Waals surface area contributed by atoms with E-state index in [0.717, 1.165) is 5.56 Å². The molecule has 1 spiro atoms. The lowest BCUT2D eigenvalue weighted by Gasteiger charge is -2.46. The van der Waals surface area contributed by atoms with Crippen LogP contribution < -0.4 is 5.73 Å². The molecular formula is C17H21F3N4O5. The van der Waals surface area contributed by atoms with Gasteiger partial charge in [-0.05, 0) is 24.5 Å². The lowest BCUT2D eigenvalue weighted by atomic mass is 9.89. The first-order chi connectivity index (χ1) is 13.5. The molecule has 0 aromatic carbocycles. The van der Waals surface area contributed by atoms with Crippen molar-refractivity contribution in [1.29, 1.82) is 0 Å². The molecule has 12 heteroatoms. The Balaban J connectivity index is 0.000000370. The van der Waals surface area contributed by atoms with Crippen LogP contribution in [0, 0.1) is 0 Å². The molecule has 9 nitrogen and oxygen atoms in total. The number of nitrogens with two attached hydrogens (primary N) is 1. The molecule has 0 bridgehead atoms. The van der Waals surface area contributed by atoms with Crippen LogP contribution in [0.2, 0.25) is 0 Å². The first-order valence-corrected chi connectivity index (χ1v) is 8.67. The number of carbonyl (C=O) groups excluding carboxylic acids is 2. The maximum absolute atomic E-state index is 12.1. The fraction of sp³-hybridized carbons (Fsp3) is 0.529. The second-order valence-corrected chi connectivity index (χ2v) is 6.71. The zero-order valence-electron chi connectivity index (χ0n) is 15.4. The number of hydrogen-bond donors (Lipinski definition) is 2. The zero-order valence-corrected chi connectivity index (χ0v) is 15.4. The van der Waals surface area contributed by atoms with E-state index in [4.69, 9.17) is 20.4 Å². The van der Waals surface area contributed by atoms with Gasteiger partial charge in [0.15, 0.2) is 0 Å². The normalized spacial score (nSPS) is 18.8. The maximum atomic E-state index is 12.1. The van der Waals surface area contributed by atoms with Crippen LogP contribution in [0.25, 0.3) is 0 Å². The molecule has 29 heavy (non-hydrogen) atoms. The van der Waals surface area contributed by atoms with Gasteiger partial charge in [0.25, 0.3) is 0 Å². The first kappa shape index (κ1) is 22.4. The molecule has 1 aromatic heterocycles. The highest BCUT2D eigenvalue weighted by molar-refractivity contribution is 5.78. The predicted molar refractivity (Wildman–Crippen MR) is 92.4 cm³/mol. The predicted octanol–water partition coefficient (Wildman–Crippen LogP) is 0.987. The number of rotatable bonds is 2. The maximum Gasteiger partial charge on any atom is 0.490 e. The number of ether oxygens (including phenoxy) is 1. The minimum Gasteiger partial charge on any atom is -0.475 e. The molecule has 160 valence electrons. The number of carboxylic acids is 1. The summed E-state index contributed by atoms with van der Waals surface area (Å²) in [6.07, 6.45) is -0.198. The molecule has 2 fully saturated rings. The highest BCUT2D eigenvalue weighted by atomic mass is 19.4. The molecule has 3 heterocycles. The van der Waals surface area contributed by atoms with E-state index in [9.17, 15) is 22.8 Å². The third-order valence-corrected chi connectivity index (χ3v) is 4.66. The number of urea groups is 1. The van der Waals surface area contributed by atoms with Gasteiger partial charge in [-0.25, -0.2) is 9.59 Å². The summed E-state index contributed by atoms with van der Waals surface area (Å²) in [4.78, 5) is 39.7. The average molecular weight is 418 g/mol. The van der Waals surface area contributed by atoms with E-state index in [-0.39, 0.29) is 18.1 Å². The van der Waals surface area contributed by atoms with Crippen LogP contribution in [0.3, 0.4) is 0 Å². The SMILES string of the molecule is NC(=O)N1CCC2(CC1)CN(Cc1cccnc1)C(=O)CO2.O=C(O)C(F)(F)F. The molecule has 0 saturated carbocycles. The molecule has 0 radical (unpaired) electrons. The van der Waals surface area contributed by atoms with Crippen LogP contribution in [0.15, 0.2) is 24.5 Å². The lowest BCUT2D eigenvalue weighted by molar-refractivity contribution is -0.192. The summed E-state index contributed by atoms with van der Waals surface area (Å²) in [5, 5.41) is 7.12. The number of piperidine rings is 1. The molecule has 2 aliphatic heterocycles. The number of halogens is 3. The van der Waals surface area contributed by atoms with E-state index >= 15 is 0 Å². The third-order valence-electron chi connectivity index (χ3n) is 4.66. The Kier molecular flexibility index (Phi) is 7.01. The number of carbonyl (C=O) groups is 3. The third kappa shape index (κ3) is 6.31. The number of nitrogens with zero attached hydrogens (tertiary/aromatic N) is 3. The summed E-state index contributed by atoms with van der Waals surface area (Å²) in [5.41, 5.74) is 5.95. The number of carboxylic acid groups (broad SMARTS) is 1. The van der Waals surface area contributed by atoms with Gasteiger partial charge in [0.2, 0.25) is 5.91 Å². The average Bonchev–Trinajstić information content (AvgIpc) is 2.66. The largest absolute Gasteiger partial charge is 0.490 e. The Bertz CT molecular complexity index is 736. The van der Waals surface area contributed by atoms with E-state index in [2.05, 4.69) is 4.98 Å². The fourth-order valence-electron chi connectivity index (χ4n) is 3.08. The molecule has 0 unspecified atom stereocenters. The Morgan fingerprint density at radius 3 is 2.41 bits per heavy atom. The van der Waals surface area contributed by atoms with Crippen molar-refractivity contribution in [2.75, 3.05) is 26.2 Å². The second-order valence-electron chi connectivity index (χ2n) is 6.71. The van der Waals surface area contributed by atoms with Gasteiger partial charge in [-0.3, -0.25) is 9.78 Å². The Labute approximate surface area is 164 Å². The molecule has 3 rings (SSSR count). The van der Waals surface area contributed by atoms with Gasteiger partial charge in [0.1, 0.15) is 6.61 Å². The van der Waals surface area contributed by atoms with Crippen molar-refractivity contribution in [2.45, 2.75) is 31.2 Å². The minimum atomic E-state index is -5.08. The van der Waals surface area contributed by atoms with Gasteiger partial charge < -0.3 is 25.4 Å². The quantitative estimate of drug-likeness (QED) is 0.738. The van der Waals surface area contributed by atoms with Gasteiger partial charge in [0.05, 0.1) is 12.1 Å². The molecule has 3 N–H and O–H groups in total. The standard InChI is InChI=1S/C15H20N4O3.C2HF3O2/c16-14(21)18-6-3-15(4-7-18)11-19(13(20)10-22-15)9-12-2-1-5-17-8-12;3-2(4,5)1(6)7/h1-2,5,8H,3-4,6-7,9-11H2,(H2,16,21);(H,6,7). The van der Waals surface area contributed by atoms with Gasteiger partial charge in [0, 0.05) is 32.0 Å². The number of morpholine rings is 1. The first-order valence-electron chi connectivity index (χ1n) is 8.67. The summed E-state index contributed by atoms with van der Waals surface area (Å²) < 4.78 is 37.6. The Morgan fingerprint density at radius 2 is 1.93 bits per heavy atom. The second kappa shape index (κ2) is 9.07. The van der Waals surface area contributed by atoms with Crippen LogP contribution in [0.1, 0.15) is 18.4 Å². The van der Waals surface area contributed by atoms with Crippen molar-refractivity contribution in [3.63, 3.8) is 0 Å². The van der Waals surface area contributed by atoms with Gasteiger partial charge in [-0.15, -0.1) is 0 Å². The van der Waals surface area contributed by atoms with Crippen LogP contribution in [-0.2, 0) is 20.9 Å². The Hall–Kier alpha value is -2.89. The van der Waals surface area contributed by atoms with Crippen LogP contribution in [0.5, 0.6) is 0 Å². The summed E-state index contributed by atoms with van der Waals surface area (Å²) in [5.74, 6) is -2.76. The van der Waals surface area contributed by atoms with Crippen molar-refractivity contribution in [2.24, 2.45) is 5.73 Å². The number of pyridine rings is 1. The zero-order chi connectivity index (χ0) is 21.7. The molecule has 0 aliphatic carbocycles. The molecule has 2 aliphatic rings. The van der Waals surface area contributed by atoms with Crippen molar-refractivity contribution < 1.29 is 37.4 Å². The van der Waals surface area contributed by atoms with Crippen molar-refractivity contribution in [3.8, 4) is 0 Å². The summed E-state index contributed by atoms with van der Waals surface area (Å²) in [6, 6.07) is 3.42.